The van der Waals surface area contributed by atoms with Gasteiger partial charge in [-0.2, -0.15) is 0 Å². The monoisotopic (exact) mass is 279 g/mol. The van der Waals surface area contributed by atoms with Crippen LogP contribution in [0.3, 0.4) is 0 Å². The Bertz CT molecular complexity index is 693. The topological polar surface area (TPSA) is 42.2 Å². The van der Waals surface area contributed by atoms with Crippen molar-refractivity contribution in [1.82, 2.24) is 4.57 Å². The minimum Gasteiger partial charge on any atom is -0.508 e. The third kappa shape index (κ3) is 2.71. The van der Waals surface area contributed by atoms with Crippen LogP contribution in [0.5, 0.6) is 5.75 Å². The van der Waals surface area contributed by atoms with E-state index in [4.69, 9.17) is 0 Å². The summed E-state index contributed by atoms with van der Waals surface area (Å²) in [7, 11) is 0. The molecule has 1 N–H and O–H groups in total. The molecule has 0 spiro atoms. The number of alkyl halides is 2. The largest absolute Gasteiger partial charge is 0.508 e. The molecule has 0 saturated heterocycles. The number of nitrogens with zero attached hydrogens (tertiary/aromatic N) is 1. The van der Waals surface area contributed by atoms with E-state index in [0.29, 0.717) is 16.8 Å². The fourth-order valence-corrected chi connectivity index (χ4v) is 2.18. The molecule has 1 aromatic heterocycles. The van der Waals surface area contributed by atoms with Crippen molar-refractivity contribution in [3.05, 3.63) is 51.8 Å². The molecule has 20 heavy (non-hydrogen) atoms. The van der Waals surface area contributed by atoms with Crippen molar-refractivity contribution in [1.29, 1.82) is 0 Å². The first-order valence-corrected chi connectivity index (χ1v) is 6.18. The Kier molecular flexibility index (Phi) is 3.88. The second-order valence-corrected chi connectivity index (χ2v) is 4.71. The Morgan fingerprint density at radius 3 is 2.45 bits per heavy atom. The number of rotatable bonds is 3. The van der Waals surface area contributed by atoms with E-state index >= 15 is 0 Å². The summed E-state index contributed by atoms with van der Waals surface area (Å²) in [6, 6.07) is 7.90. The second kappa shape index (κ2) is 5.45. The van der Waals surface area contributed by atoms with Gasteiger partial charge in [0.2, 0.25) is 0 Å². The van der Waals surface area contributed by atoms with Crippen LogP contribution >= 0.6 is 0 Å². The molecule has 3 nitrogen and oxygen atoms in total. The Hall–Kier alpha value is -2.17. The molecule has 0 fully saturated rings. The molecule has 5 heteroatoms. The highest BCUT2D eigenvalue weighted by molar-refractivity contribution is 5.65. The van der Waals surface area contributed by atoms with Crippen LogP contribution < -0.4 is 5.56 Å². The smallest absolute Gasteiger partial charge is 0.256 e. The summed E-state index contributed by atoms with van der Waals surface area (Å²) in [6.07, 6.45) is -2.61. The molecule has 0 atom stereocenters. The van der Waals surface area contributed by atoms with E-state index in [1.807, 2.05) is 0 Å². The molecule has 106 valence electrons. The Balaban J connectivity index is 2.67. The fraction of sp³-hybridized carbons (Fsp3) is 0.267. The summed E-state index contributed by atoms with van der Waals surface area (Å²) in [5.41, 5.74) is 1.80. The molecule has 2 rings (SSSR count). The number of aromatic nitrogens is 1. The van der Waals surface area contributed by atoms with Gasteiger partial charge in [0.1, 0.15) is 5.75 Å². The van der Waals surface area contributed by atoms with Crippen LogP contribution in [0.4, 0.5) is 8.78 Å². The second-order valence-electron chi connectivity index (χ2n) is 4.71. The number of aryl methyl sites for hydroxylation is 2. The normalized spacial score (nSPS) is 11.1. The minimum absolute atomic E-state index is 0.0983. The van der Waals surface area contributed by atoms with Gasteiger partial charge in [-0.1, -0.05) is 6.07 Å². The fourth-order valence-electron chi connectivity index (χ4n) is 2.18. The zero-order valence-corrected chi connectivity index (χ0v) is 11.2. The molecule has 1 aromatic carbocycles. The predicted molar refractivity (Wildman–Crippen MR) is 73.3 cm³/mol. The van der Waals surface area contributed by atoms with Crippen LogP contribution in [0.15, 0.2) is 35.1 Å². The molecule has 0 aliphatic rings. The molecular weight excluding hydrogens is 264 g/mol. The molecule has 0 bridgehead atoms. The lowest BCUT2D eigenvalue weighted by atomic mass is 10.0. The summed E-state index contributed by atoms with van der Waals surface area (Å²) in [5, 5.41) is 9.41. The SMILES string of the molecule is Cc1cc(O)ccc1-c1ccc(C)c(=O)n1CC(F)F. The highest BCUT2D eigenvalue weighted by Gasteiger charge is 2.14. The molecule has 2 aromatic rings. The van der Waals surface area contributed by atoms with Crippen LogP contribution in [-0.4, -0.2) is 16.1 Å². The quantitative estimate of drug-likeness (QED) is 0.938. The van der Waals surface area contributed by atoms with Gasteiger partial charge in [0.15, 0.2) is 0 Å². The molecule has 0 aliphatic carbocycles. The van der Waals surface area contributed by atoms with E-state index in [1.54, 1.807) is 32.0 Å². The molecule has 0 saturated carbocycles. The Labute approximate surface area is 115 Å². The van der Waals surface area contributed by atoms with Gasteiger partial charge in [0.25, 0.3) is 12.0 Å². The lowest BCUT2D eigenvalue weighted by Crippen LogP contribution is -2.26. The van der Waals surface area contributed by atoms with E-state index < -0.39 is 18.5 Å². The zero-order valence-electron chi connectivity index (χ0n) is 11.2. The number of benzene rings is 1. The van der Waals surface area contributed by atoms with Crippen molar-refractivity contribution < 1.29 is 13.9 Å². The van der Waals surface area contributed by atoms with E-state index in [-0.39, 0.29) is 5.75 Å². The van der Waals surface area contributed by atoms with Gasteiger partial charge in [0.05, 0.1) is 12.2 Å². The average molecular weight is 279 g/mol. The average Bonchev–Trinajstić information content (AvgIpc) is 2.36. The van der Waals surface area contributed by atoms with Crippen LogP contribution in [0.2, 0.25) is 0 Å². The van der Waals surface area contributed by atoms with Gasteiger partial charge in [-0.05, 0) is 43.7 Å². The van der Waals surface area contributed by atoms with Crippen LogP contribution in [0.25, 0.3) is 11.3 Å². The van der Waals surface area contributed by atoms with Gasteiger partial charge >= 0.3 is 0 Å². The maximum absolute atomic E-state index is 12.7. The first kappa shape index (κ1) is 14.2. The first-order chi connectivity index (χ1) is 9.40. The van der Waals surface area contributed by atoms with Crippen molar-refractivity contribution in [2.45, 2.75) is 26.8 Å². The number of phenols is 1. The first-order valence-electron chi connectivity index (χ1n) is 6.18. The lowest BCUT2D eigenvalue weighted by Gasteiger charge is -2.15. The van der Waals surface area contributed by atoms with Crippen molar-refractivity contribution in [3.63, 3.8) is 0 Å². The van der Waals surface area contributed by atoms with E-state index in [9.17, 15) is 18.7 Å². The third-order valence-electron chi connectivity index (χ3n) is 3.17. The number of hydrogen-bond acceptors (Lipinski definition) is 2. The van der Waals surface area contributed by atoms with Gasteiger partial charge in [-0.25, -0.2) is 8.78 Å². The lowest BCUT2D eigenvalue weighted by molar-refractivity contribution is 0.126. The Morgan fingerprint density at radius 2 is 1.85 bits per heavy atom. The molecule has 0 amide bonds. The number of aromatic hydroxyl groups is 1. The van der Waals surface area contributed by atoms with Gasteiger partial charge in [-0.15, -0.1) is 0 Å². The molecule has 1 heterocycles. The molecular formula is C15H15F2NO2. The van der Waals surface area contributed by atoms with E-state index in [0.717, 1.165) is 10.1 Å². The molecule has 0 radical (unpaired) electrons. The molecule has 0 unspecified atom stereocenters. The summed E-state index contributed by atoms with van der Waals surface area (Å²) in [5.74, 6) is 0.0983. The van der Waals surface area contributed by atoms with Crippen molar-refractivity contribution in [2.75, 3.05) is 0 Å². The van der Waals surface area contributed by atoms with Crippen molar-refractivity contribution >= 4 is 0 Å². The number of phenolic OH excluding ortho intramolecular Hbond substituents is 1. The highest BCUT2D eigenvalue weighted by atomic mass is 19.3. The van der Waals surface area contributed by atoms with Gasteiger partial charge in [-0.3, -0.25) is 4.79 Å². The number of halogens is 2. The summed E-state index contributed by atoms with van der Waals surface area (Å²) >= 11 is 0. The van der Waals surface area contributed by atoms with Crippen molar-refractivity contribution in [2.24, 2.45) is 0 Å². The van der Waals surface area contributed by atoms with Crippen LogP contribution in [-0.2, 0) is 6.54 Å². The summed E-state index contributed by atoms with van der Waals surface area (Å²) in [4.78, 5) is 12.1. The standard InChI is InChI=1S/C15H15F2NO2/c1-9-3-6-13(18(15(9)20)8-14(16)17)12-5-4-11(19)7-10(12)2/h3-7,14,19H,8H2,1-2H3. The predicted octanol–water partition coefficient (Wildman–Crippen LogP) is 3.10. The van der Waals surface area contributed by atoms with Crippen LogP contribution in [0.1, 0.15) is 11.1 Å². The van der Waals surface area contributed by atoms with E-state index in [2.05, 4.69) is 0 Å². The highest BCUT2D eigenvalue weighted by Crippen LogP contribution is 2.26. The number of hydrogen-bond donors (Lipinski definition) is 1. The maximum Gasteiger partial charge on any atom is 0.256 e. The van der Waals surface area contributed by atoms with Crippen molar-refractivity contribution in [3.8, 4) is 17.0 Å². The molecule has 0 aliphatic heterocycles. The minimum atomic E-state index is -2.61. The van der Waals surface area contributed by atoms with E-state index in [1.165, 1.54) is 12.1 Å². The number of pyridine rings is 1. The maximum atomic E-state index is 12.7. The van der Waals surface area contributed by atoms with Crippen LogP contribution in [0, 0.1) is 13.8 Å². The summed E-state index contributed by atoms with van der Waals surface area (Å²) < 4.78 is 26.5. The van der Waals surface area contributed by atoms with Gasteiger partial charge in [0, 0.05) is 11.1 Å². The third-order valence-corrected chi connectivity index (χ3v) is 3.17. The summed E-state index contributed by atoms with van der Waals surface area (Å²) in [6.45, 7) is 2.71. The Morgan fingerprint density at radius 1 is 1.15 bits per heavy atom. The zero-order chi connectivity index (χ0) is 14.9. The van der Waals surface area contributed by atoms with Gasteiger partial charge < -0.3 is 9.67 Å².